The molecule has 0 atom stereocenters. The van der Waals surface area contributed by atoms with Crippen molar-refractivity contribution in [2.45, 2.75) is 13.3 Å². The molecule has 0 aliphatic carbocycles. The molecule has 0 bridgehead atoms. The molecule has 1 heterocycles. The minimum atomic E-state index is 0.549. The molecule has 108 valence electrons. The Morgan fingerprint density at radius 3 is 2.81 bits per heavy atom. The van der Waals surface area contributed by atoms with Crippen LogP contribution in [0.5, 0.6) is 5.75 Å². The van der Waals surface area contributed by atoms with Gasteiger partial charge in [0.1, 0.15) is 6.33 Å². The van der Waals surface area contributed by atoms with Gasteiger partial charge in [0.15, 0.2) is 11.6 Å². The molecule has 0 saturated heterocycles. The second-order valence-corrected chi connectivity index (χ2v) is 4.35. The number of benzene rings is 1. The lowest BCUT2D eigenvalue weighted by atomic mass is 10.2. The molecular formula is C15H17N5O. The van der Waals surface area contributed by atoms with Gasteiger partial charge in [-0.15, -0.1) is 0 Å². The van der Waals surface area contributed by atoms with Crippen LogP contribution in [0.25, 0.3) is 0 Å². The number of nitrogens with one attached hydrogen (secondary N) is 2. The third-order valence-corrected chi connectivity index (χ3v) is 2.80. The molecule has 21 heavy (non-hydrogen) atoms. The van der Waals surface area contributed by atoms with Crippen LogP contribution < -0.4 is 15.4 Å². The molecule has 0 aliphatic rings. The van der Waals surface area contributed by atoms with Gasteiger partial charge in [-0.3, -0.25) is 0 Å². The first-order valence-corrected chi connectivity index (χ1v) is 6.68. The first-order valence-electron chi connectivity index (χ1n) is 6.68. The Morgan fingerprint density at radius 1 is 1.29 bits per heavy atom. The molecule has 1 aromatic carbocycles. The van der Waals surface area contributed by atoms with Crippen molar-refractivity contribution in [2.24, 2.45) is 0 Å². The first-order chi connectivity index (χ1) is 10.3. The molecule has 0 radical (unpaired) electrons. The molecule has 0 aliphatic heterocycles. The highest BCUT2D eigenvalue weighted by Crippen LogP contribution is 2.31. The van der Waals surface area contributed by atoms with Gasteiger partial charge in [-0.25, -0.2) is 9.97 Å². The third-order valence-electron chi connectivity index (χ3n) is 2.80. The van der Waals surface area contributed by atoms with Crippen molar-refractivity contribution in [3.8, 4) is 11.8 Å². The van der Waals surface area contributed by atoms with Gasteiger partial charge in [-0.1, -0.05) is 13.0 Å². The van der Waals surface area contributed by atoms with Gasteiger partial charge in [0.25, 0.3) is 0 Å². The van der Waals surface area contributed by atoms with Crippen LogP contribution in [0, 0.1) is 11.3 Å². The van der Waals surface area contributed by atoms with E-state index in [4.69, 9.17) is 10.00 Å². The summed E-state index contributed by atoms with van der Waals surface area (Å²) < 4.78 is 5.39. The van der Waals surface area contributed by atoms with E-state index in [1.807, 2.05) is 12.1 Å². The fourth-order valence-corrected chi connectivity index (χ4v) is 1.83. The van der Waals surface area contributed by atoms with E-state index >= 15 is 0 Å². The Balaban J connectivity index is 2.28. The molecule has 2 N–H and O–H groups in total. The topological polar surface area (TPSA) is 82.9 Å². The fourth-order valence-electron chi connectivity index (χ4n) is 1.83. The van der Waals surface area contributed by atoms with Crippen LogP contribution >= 0.6 is 0 Å². The molecule has 6 nitrogen and oxygen atoms in total. The van der Waals surface area contributed by atoms with Crippen molar-refractivity contribution < 1.29 is 4.74 Å². The third kappa shape index (κ3) is 3.60. The average Bonchev–Trinajstić information content (AvgIpc) is 2.53. The summed E-state index contributed by atoms with van der Waals surface area (Å²) in [5, 5.41) is 15.3. The Bertz CT molecular complexity index is 651. The lowest BCUT2D eigenvalue weighted by Gasteiger charge is -2.14. The maximum Gasteiger partial charge on any atom is 0.204 e. The summed E-state index contributed by atoms with van der Waals surface area (Å²) in [5.74, 6) is 1.75. The van der Waals surface area contributed by atoms with Crippen molar-refractivity contribution in [1.29, 1.82) is 5.26 Å². The van der Waals surface area contributed by atoms with E-state index in [-0.39, 0.29) is 0 Å². The monoisotopic (exact) mass is 283 g/mol. The molecule has 0 amide bonds. The van der Waals surface area contributed by atoms with Gasteiger partial charge in [0.2, 0.25) is 5.75 Å². The van der Waals surface area contributed by atoms with Gasteiger partial charge in [-0.05, 0) is 24.6 Å². The number of nitriles is 1. The molecule has 0 saturated carbocycles. The quantitative estimate of drug-likeness (QED) is 0.848. The summed E-state index contributed by atoms with van der Waals surface area (Å²) in [7, 11) is 1.58. The van der Waals surface area contributed by atoms with Crippen LogP contribution in [-0.4, -0.2) is 23.6 Å². The predicted octanol–water partition coefficient (Wildman–Crippen LogP) is 2.92. The van der Waals surface area contributed by atoms with Gasteiger partial charge in [-0.2, -0.15) is 5.26 Å². The van der Waals surface area contributed by atoms with Crippen LogP contribution in [-0.2, 0) is 0 Å². The highest BCUT2D eigenvalue weighted by molar-refractivity contribution is 5.69. The second-order valence-electron chi connectivity index (χ2n) is 4.35. The number of aromatic nitrogens is 2. The van der Waals surface area contributed by atoms with Gasteiger partial charge < -0.3 is 15.4 Å². The largest absolute Gasteiger partial charge is 0.490 e. The number of anilines is 3. The van der Waals surface area contributed by atoms with Crippen molar-refractivity contribution in [3.05, 3.63) is 36.2 Å². The molecule has 2 rings (SSSR count). The molecule has 6 heteroatoms. The maximum absolute atomic E-state index is 8.93. The minimum Gasteiger partial charge on any atom is -0.490 e. The van der Waals surface area contributed by atoms with Crippen molar-refractivity contribution in [3.63, 3.8) is 0 Å². The summed E-state index contributed by atoms with van der Waals surface area (Å²) >= 11 is 0. The highest BCUT2D eigenvalue weighted by atomic mass is 16.5. The number of nitrogens with zero attached hydrogens (tertiary/aromatic N) is 3. The first kappa shape index (κ1) is 14.6. The molecule has 0 spiro atoms. The van der Waals surface area contributed by atoms with Gasteiger partial charge >= 0.3 is 0 Å². The lowest BCUT2D eigenvalue weighted by molar-refractivity contribution is 0.415. The predicted molar refractivity (Wildman–Crippen MR) is 81.8 cm³/mol. The Kier molecular flexibility index (Phi) is 4.94. The SMILES string of the molecule is CCCNc1ncnc(Nc2cccc(C#N)c2)c1OC. The normalized spacial score (nSPS) is 9.76. The zero-order valence-corrected chi connectivity index (χ0v) is 12.1. The van der Waals surface area contributed by atoms with Crippen LogP contribution in [0.1, 0.15) is 18.9 Å². The second kappa shape index (κ2) is 7.10. The van der Waals surface area contributed by atoms with E-state index in [0.29, 0.717) is 22.9 Å². The number of hydrogen-bond donors (Lipinski definition) is 2. The standard InChI is InChI=1S/C15H17N5O/c1-3-7-17-14-13(21-2)15(19-10-18-14)20-12-6-4-5-11(8-12)9-16/h4-6,8,10H,3,7H2,1-2H3,(H2,17,18,19,20). The van der Waals surface area contributed by atoms with E-state index in [9.17, 15) is 0 Å². The Morgan fingerprint density at radius 2 is 2.10 bits per heavy atom. The number of rotatable bonds is 6. The minimum absolute atomic E-state index is 0.549. The van der Waals surface area contributed by atoms with Crippen LogP contribution in [0.3, 0.4) is 0 Å². The summed E-state index contributed by atoms with van der Waals surface area (Å²) in [6.07, 6.45) is 2.46. The van der Waals surface area contributed by atoms with Crippen molar-refractivity contribution in [2.75, 3.05) is 24.3 Å². The molecule has 2 aromatic rings. The molecule has 0 unspecified atom stereocenters. The van der Waals surface area contributed by atoms with E-state index in [2.05, 4.69) is 33.6 Å². The van der Waals surface area contributed by atoms with Crippen LogP contribution in [0.15, 0.2) is 30.6 Å². The maximum atomic E-state index is 8.93. The Hall–Kier alpha value is -2.81. The number of hydrogen-bond acceptors (Lipinski definition) is 6. The fraction of sp³-hybridized carbons (Fsp3) is 0.267. The smallest absolute Gasteiger partial charge is 0.204 e. The molecule has 1 aromatic heterocycles. The molecule has 0 fully saturated rings. The van der Waals surface area contributed by atoms with Crippen molar-refractivity contribution in [1.82, 2.24) is 9.97 Å². The number of methoxy groups -OCH3 is 1. The number of ether oxygens (including phenoxy) is 1. The van der Waals surface area contributed by atoms with Crippen LogP contribution in [0.4, 0.5) is 17.3 Å². The van der Waals surface area contributed by atoms with E-state index in [1.54, 1.807) is 19.2 Å². The summed E-state index contributed by atoms with van der Waals surface area (Å²) in [6, 6.07) is 9.27. The zero-order chi connectivity index (χ0) is 15.1. The van der Waals surface area contributed by atoms with Crippen LogP contribution in [0.2, 0.25) is 0 Å². The Labute approximate surface area is 123 Å². The van der Waals surface area contributed by atoms with Crippen molar-refractivity contribution >= 4 is 17.3 Å². The summed E-state index contributed by atoms with van der Waals surface area (Å²) in [4.78, 5) is 8.38. The van der Waals surface area contributed by atoms with E-state index in [0.717, 1.165) is 18.7 Å². The lowest BCUT2D eigenvalue weighted by Crippen LogP contribution is -2.07. The summed E-state index contributed by atoms with van der Waals surface area (Å²) in [6.45, 7) is 2.88. The average molecular weight is 283 g/mol. The van der Waals surface area contributed by atoms with E-state index in [1.165, 1.54) is 6.33 Å². The van der Waals surface area contributed by atoms with E-state index < -0.39 is 0 Å². The van der Waals surface area contributed by atoms with Gasteiger partial charge in [0.05, 0.1) is 18.7 Å². The summed E-state index contributed by atoms with van der Waals surface area (Å²) in [5.41, 5.74) is 1.35. The highest BCUT2D eigenvalue weighted by Gasteiger charge is 2.12. The molecular weight excluding hydrogens is 266 g/mol. The van der Waals surface area contributed by atoms with Gasteiger partial charge in [0, 0.05) is 12.2 Å². The zero-order valence-electron chi connectivity index (χ0n) is 12.1.